The molecule has 2 bridgehead atoms. The van der Waals surface area contributed by atoms with Crippen LogP contribution >= 0.6 is 0 Å². The SMILES string of the molecule is COc1ccc(C23CCCC(C2)C(CN(C(=O)C2CCC(C(=O)O)CC2)c2cc(-c4cnn(C5CC5)c4)ccn2)CC3)cc1C. The summed E-state index contributed by atoms with van der Waals surface area (Å²) < 4.78 is 7.61. The maximum absolute atomic E-state index is 14.4. The van der Waals surface area contributed by atoms with E-state index in [1.807, 2.05) is 23.4 Å². The van der Waals surface area contributed by atoms with E-state index in [2.05, 4.69) is 47.2 Å². The van der Waals surface area contributed by atoms with E-state index < -0.39 is 5.97 Å². The summed E-state index contributed by atoms with van der Waals surface area (Å²) in [6.07, 6.45) is 17.5. The highest BCUT2D eigenvalue weighted by atomic mass is 16.5. The number of carbonyl (C=O) groups is 2. The highest BCUT2D eigenvalue weighted by molar-refractivity contribution is 5.95. The number of carbonyl (C=O) groups excluding carboxylic acids is 1. The number of rotatable bonds is 9. The van der Waals surface area contributed by atoms with Gasteiger partial charge in [-0.05, 0) is 123 Å². The van der Waals surface area contributed by atoms with Gasteiger partial charge < -0.3 is 9.84 Å². The first-order valence-corrected chi connectivity index (χ1v) is 17.0. The van der Waals surface area contributed by atoms with Gasteiger partial charge in [0.25, 0.3) is 0 Å². The van der Waals surface area contributed by atoms with Gasteiger partial charge in [-0.2, -0.15) is 5.10 Å². The van der Waals surface area contributed by atoms with E-state index in [1.54, 1.807) is 7.11 Å². The number of nitrogens with zero attached hydrogens (tertiary/aromatic N) is 4. The molecule has 2 heterocycles. The van der Waals surface area contributed by atoms with Crippen LogP contribution in [0.5, 0.6) is 5.75 Å². The molecule has 1 aromatic carbocycles. The van der Waals surface area contributed by atoms with Gasteiger partial charge in [-0.25, -0.2) is 4.98 Å². The van der Waals surface area contributed by atoms with E-state index in [1.165, 1.54) is 43.2 Å². The van der Waals surface area contributed by atoms with Crippen LogP contribution in [0.15, 0.2) is 48.9 Å². The summed E-state index contributed by atoms with van der Waals surface area (Å²) in [5.41, 5.74) is 4.89. The Labute approximate surface area is 266 Å². The molecule has 45 heavy (non-hydrogen) atoms. The fourth-order valence-corrected chi connectivity index (χ4v) is 8.70. The number of fused-ring (bicyclic) bond motifs is 2. The zero-order valence-corrected chi connectivity index (χ0v) is 26.7. The van der Waals surface area contributed by atoms with E-state index in [-0.39, 0.29) is 23.2 Å². The molecule has 4 aliphatic rings. The summed E-state index contributed by atoms with van der Waals surface area (Å²) >= 11 is 0. The topological polar surface area (TPSA) is 97.5 Å². The zero-order valence-electron chi connectivity index (χ0n) is 26.7. The normalized spacial score (nSPS) is 28.0. The maximum atomic E-state index is 14.4. The number of aryl methyl sites for hydroxylation is 1. The zero-order chi connectivity index (χ0) is 31.1. The molecule has 4 fully saturated rings. The number of anilines is 1. The van der Waals surface area contributed by atoms with Crippen molar-refractivity contribution in [3.8, 4) is 16.9 Å². The van der Waals surface area contributed by atoms with Gasteiger partial charge in [0.05, 0.1) is 25.3 Å². The van der Waals surface area contributed by atoms with Crippen LogP contribution in [0.4, 0.5) is 5.82 Å². The van der Waals surface area contributed by atoms with Gasteiger partial charge in [0.15, 0.2) is 0 Å². The van der Waals surface area contributed by atoms with Crippen molar-refractivity contribution in [1.82, 2.24) is 14.8 Å². The second kappa shape index (κ2) is 12.3. The summed E-state index contributed by atoms with van der Waals surface area (Å²) in [6, 6.07) is 11.3. The number of pyridine rings is 1. The monoisotopic (exact) mass is 610 g/mol. The molecule has 4 saturated carbocycles. The number of aliphatic carboxylic acids is 1. The highest BCUT2D eigenvalue weighted by Crippen LogP contribution is 2.53. The molecule has 3 unspecified atom stereocenters. The van der Waals surface area contributed by atoms with E-state index in [0.717, 1.165) is 36.1 Å². The molecule has 1 N–H and O–H groups in total. The molecule has 0 aliphatic heterocycles. The van der Waals surface area contributed by atoms with Crippen LogP contribution in [0.3, 0.4) is 0 Å². The average Bonchev–Trinajstić information content (AvgIpc) is 3.80. The van der Waals surface area contributed by atoms with Gasteiger partial charge >= 0.3 is 5.97 Å². The Morgan fingerprint density at radius 3 is 2.53 bits per heavy atom. The molecule has 238 valence electrons. The molecular formula is C37H46N4O4. The third-order valence-corrected chi connectivity index (χ3v) is 11.5. The van der Waals surface area contributed by atoms with Crippen LogP contribution in [0, 0.1) is 30.6 Å². The van der Waals surface area contributed by atoms with Gasteiger partial charge in [-0.3, -0.25) is 19.2 Å². The molecule has 0 radical (unpaired) electrons. The lowest BCUT2D eigenvalue weighted by Gasteiger charge is -2.50. The highest BCUT2D eigenvalue weighted by Gasteiger charge is 2.46. The number of hydrogen-bond acceptors (Lipinski definition) is 5. The van der Waals surface area contributed by atoms with Crippen molar-refractivity contribution >= 4 is 17.7 Å². The molecule has 0 saturated heterocycles. The lowest BCUT2D eigenvalue weighted by molar-refractivity contribution is -0.144. The number of hydrogen-bond donors (Lipinski definition) is 1. The third kappa shape index (κ3) is 6.00. The van der Waals surface area contributed by atoms with E-state index in [0.29, 0.717) is 55.9 Å². The quantitative estimate of drug-likeness (QED) is 0.272. The number of ether oxygens (including phenoxy) is 1. The number of carboxylic acids is 1. The minimum atomic E-state index is -0.742. The summed E-state index contributed by atoms with van der Waals surface area (Å²) in [5.74, 6) is 1.45. The second-order valence-corrected chi connectivity index (χ2v) is 14.3. The summed E-state index contributed by atoms with van der Waals surface area (Å²) in [5, 5.41) is 14.1. The molecule has 8 heteroatoms. The van der Waals surface area contributed by atoms with Crippen LogP contribution in [0.1, 0.15) is 94.2 Å². The van der Waals surface area contributed by atoms with Crippen molar-refractivity contribution in [2.45, 2.75) is 95.4 Å². The minimum absolute atomic E-state index is 0.107. The van der Waals surface area contributed by atoms with Crippen molar-refractivity contribution < 1.29 is 19.4 Å². The first kappa shape index (κ1) is 30.0. The molecule has 0 spiro atoms. The first-order chi connectivity index (χ1) is 21.8. The number of methoxy groups -OCH3 is 1. The predicted molar refractivity (Wildman–Crippen MR) is 173 cm³/mol. The van der Waals surface area contributed by atoms with Crippen LogP contribution < -0.4 is 9.64 Å². The second-order valence-electron chi connectivity index (χ2n) is 14.3. The lowest BCUT2D eigenvalue weighted by atomic mass is 9.56. The number of aromatic nitrogens is 3. The standard InChI is InChI=1S/C37H46N4O4/c1-24-18-31(9-12-33(24)45-2)37-15-3-4-28(20-37)29(13-16-37)22-40(35(42)25-5-7-26(8-6-25)36(43)44)34-19-27(14-17-38-34)30-21-39-41(23-30)32-10-11-32/h9,12,14,17-19,21,23,25-26,28-29,32H,3-8,10-11,13,15-16,20,22H2,1-2H3,(H,43,44). The summed E-state index contributed by atoms with van der Waals surface area (Å²) in [7, 11) is 1.73. The lowest BCUT2D eigenvalue weighted by Crippen LogP contribution is -2.47. The molecule has 4 aliphatic carbocycles. The molecule has 3 aromatic rings. The fraction of sp³-hybridized carbons (Fsp3) is 0.568. The minimum Gasteiger partial charge on any atom is -0.496 e. The van der Waals surface area contributed by atoms with Crippen LogP contribution in [-0.2, 0) is 15.0 Å². The molecule has 8 nitrogen and oxygen atoms in total. The summed E-state index contributed by atoms with van der Waals surface area (Å²) in [4.78, 5) is 32.8. The maximum Gasteiger partial charge on any atom is 0.306 e. The molecule has 7 rings (SSSR count). The Morgan fingerprint density at radius 2 is 1.80 bits per heavy atom. The van der Waals surface area contributed by atoms with Gasteiger partial charge in [-0.1, -0.05) is 25.0 Å². The largest absolute Gasteiger partial charge is 0.496 e. The van der Waals surface area contributed by atoms with Crippen molar-refractivity contribution in [2.75, 3.05) is 18.6 Å². The third-order valence-electron chi connectivity index (χ3n) is 11.5. The smallest absolute Gasteiger partial charge is 0.306 e. The van der Waals surface area contributed by atoms with Crippen LogP contribution in [0.2, 0.25) is 0 Å². The van der Waals surface area contributed by atoms with E-state index in [9.17, 15) is 14.7 Å². The average molecular weight is 611 g/mol. The molecule has 3 atom stereocenters. The van der Waals surface area contributed by atoms with Gasteiger partial charge in [0, 0.05) is 30.4 Å². The van der Waals surface area contributed by atoms with Crippen LogP contribution in [-0.4, -0.2) is 45.4 Å². The molecule has 2 aromatic heterocycles. The van der Waals surface area contributed by atoms with Crippen molar-refractivity contribution in [1.29, 1.82) is 0 Å². The van der Waals surface area contributed by atoms with Crippen molar-refractivity contribution in [3.63, 3.8) is 0 Å². The first-order valence-electron chi connectivity index (χ1n) is 17.0. The van der Waals surface area contributed by atoms with Crippen molar-refractivity contribution in [2.24, 2.45) is 23.7 Å². The van der Waals surface area contributed by atoms with Crippen molar-refractivity contribution in [3.05, 3.63) is 60.0 Å². The Hall–Kier alpha value is -3.68. The Morgan fingerprint density at radius 1 is 1.00 bits per heavy atom. The number of benzene rings is 1. The Balaban J connectivity index is 1.14. The number of amides is 1. The van der Waals surface area contributed by atoms with E-state index >= 15 is 0 Å². The van der Waals surface area contributed by atoms with Crippen LogP contribution in [0.25, 0.3) is 11.1 Å². The van der Waals surface area contributed by atoms with Gasteiger partial charge in [0.1, 0.15) is 11.6 Å². The van der Waals surface area contributed by atoms with E-state index in [4.69, 9.17) is 9.72 Å². The predicted octanol–water partition coefficient (Wildman–Crippen LogP) is 7.36. The Kier molecular flexibility index (Phi) is 8.17. The van der Waals surface area contributed by atoms with Gasteiger partial charge in [0.2, 0.25) is 5.91 Å². The molecular weight excluding hydrogens is 564 g/mol. The molecule has 1 amide bonds. The van der Waals surface area contributed by atoms with Gasteiger partial charge in [-0.15, -0.1) is 0 Å². The fourth-order valence-electron chi connectivity index (χ4n) is 8.70. The Bertz CT molecular complexity index is 1560. The number of carboxylic acid groups (broad SMARTS) is 1. The summed E-state index contributed by atoms with van der Waals surface area (Å²) in [6.45, 7) is 2.80.